The monoisotopic (exact) mass is 700 g/mol. The van der Waals surface area contributed by atoms with E-state index in [-0.39, 0.29) is 47.5 Å². The van der Waals surface area contributed by atoms with Crippen molar-refractivity contribution in [3.8, 4) is 17.2 Å². The number of nitrogens with two attached hydrogens (primary N) is 1. The molecule has 4 N–H and O–H groups in total. The largest absolute Gasteiger partial charge is 0.531 e. The van der Waals surface area contributed by atoms with E-state index in [1.54, 1.807) is 0 Å². The zero-order chi connectivity index (χ0) is 35.9. The molecule has 0 bridgehead atoms. The molecular weight excluding hydrogens is 647 g/mol. The standard InChI is InChI=1S/C37H53N2O9P/c1-35(2,3)47-49(43,48-36(4,5)6)46-23-10-12-24-22(21-23)9-11-26-25(24)17-19-37(7)27(26)13-16-30(37)45-20-18-31(40)39-28-14-15-29(44-8)32(33(28)41)34(38)42/h10,12,14-15,21,25-27,30,41H,9,11,13,16-20H2,1-8H3,(H2,38,42)(H,39,40)/t25?,26?,27?,30-,37-/m1/s1. The fourth-order valence-corrected chi connectivity index (χ4v) is 10.1. The SMILES string of the molecule is COc1ccc(NC(=O)CCO[C@@H]2CCC3C4CCc5cc(OP(=O)(OC(C)(C)C)OC(C)(C)C)ccc5C4CC[C@]32C)c(O)c1C(N)=O. The maximum atomic E-state index is 13.7. The summed E-state index contributed by atoms with van der Waals surface area (Å²) in [5, 5.41) is 13.2. The van der Waals surface area contributed by atoms with Crippen molar-refractivity contribution in [1.82, 2.24) is 0 Å². The van der Waals surface area contributed by atoms with Gasteiger partial charge in [-0.3, -0.25) is 18.6 Å². The van der Waals surface area contributed by atoms with Crippen molar-refractivity contribution in [2.45, 2.75) is 117 Å². The summed E-state index contributed by atoms with van der Waals surface area (Å²) in [6, 6.07) is 8.99. The third-order valence-electron chi connectivity index (χ3n) is 10.1. The van der Waals surface area contributed by atoms with Gasteiger partial charge in [-0.05, 0) is 139 Å². The van der Waals surface area contributed by atoms with Gasteiger partial charge in [-0.15, -0.1) is 0 Å². The van der Waals surface area contributed by atoms with E-state index in [4.69, 9.17) is 28.8 Å². The van der Waals surface area contributed by atoms with E-state index in [0.29, 0.717) is 23.5 Å². The van der Waals surface area contributed by atoms with Gasteiger partial charge in [0.05, 0.1) is 43.1 Å². The van der Waals surface area contributed by atoms with Crippen LogP contribution in [0.25, 0.3) is 0 Å². The molecule has 5 rings (SSSR count). The van der Waals surface area contributed by atoms with Crippen LogP contribution < -0.4 is 20.3 Å². The van der Waals surface area contributed by atoms with E-state index >= 15 is 0 Å². The van der Waals surface area contributed by atoms with Crippen LogP contribution in [0.15, 0.2) is 30.3 Å². The molecule has 0 saturated heterocycles. The van der Waals surface area contributed by atoms with Crippen LogP contribution in [0.3, 0.4) is 0 Å². The first-order valence-electron chi connectivity index (χ1n) is 17.3. The van der Waals surface area contributed by atoms with Crippen LogP contribution in [0.2, 0.25) is 0 Å². The van der Waals surface area contributed by atoms with E-state index < -0.39 is 30.7 Å². The molecule has 3 aliphatic carbocycles. The molecule has 2 aromatic rings. The second kappa shape index (κ2) is 13.9. The summed E-state index contributed by atoms with van der Waals surface area (Å²) in [5.41, 5.74) is 6.46. The van der Waals surface area contributed by atoms with Crippen molar-refractivity contribution in [3.05, 3.63) is 47.0 Å². The second-order valence-electron chi connectivity index (χ2n) is 15.9. The Bertz CT molecular complexity index is 1590. The summed E-state index contributed by atoms with van der Waals surface area (Å²) < 4.78 is 42.9. The number of aromatic hydroxyl groups is 1. The molecule has 270 valence electrons. The average molecular weight is 701 g/mol. The van der Waals surface area contributed by atoms with Crippen LogP contribution in [0.1, 0.15) is 114 Å². The lowest BCUT2D eigenvalue weighted by Gasteiger charge is -2.50. The first-order chi connectivity index (χ1) is 22.8. The molecule has 0 radical (unpaired) electrons. The van der Waals surface area contributed by atoms with Gasteiger partial charge in [-0.2, -0.15) is 0 Å². The highest BCUT2D eigenvalue weighted by molar-refractivity contribution is 7.49. The van der Waals surface area contributed by atoms with Crippen molar-refractivity contribution in [2.75, 3.05) is 19.0 Å². The summed E-state index contributed by atoms with van der Waals surface area (Å²) >= 11 is 0. The first kappa shape index (κ1) is 37.2. The number of phenols is 1. The Hall–Kier alpha value is -3.11. The van der Waals surface area contributed by atoms with Gasteiger partial charge in [0.2, 0.25) is 5.91 Å². The first-order valence-corrected chi connectivity index (χ1v) is 18.7. The van der Waals surface area contributed by atoms with Gasteiger partial charge in [0.25, 0.3) is 5.91 Å². The van der Waals surface area contributed by atoms with E-state index in [0.717, 1.165) is 38.5 Å². The summed E-state index contributed by atoms with van der Waals surface area (Å²) in [6.07, 6.45) is 6.23. The van der Waals surface area contributed by atoms with Crippen LogP contribution in [0.4, 0.5) is 5.69 Å². The van der Waals surface area contributed by atoms with E-state index in [9.17, 15) is 19.3 Å². The highest BCUT2D eigenvalue weighted by atomic mass is 31.2. The summed E-state index contributed by atoms with van der Waals surface area (Å²) in [4.78, 5) is 24.6. The number of hydrogen-bond acceptors (Lipinski definition) is 9. The second-order valence-corrected chi connectivity index (χ2v) is 17.3. The Morgan fingerprint density at radius 1 is 1.02 bits per heavy atom. The van der Waals surface area contributed by atoms with Gasteiger partial charge < -0.3 is 30.2 Å². The van der Waals surface area contributed by atoms with Crippen molar-refractivity contribution in [3.63, 3.8) is 0 Å². The molecule has 2 saturated carbocycles. The zero-order valence-corrected chi connectivity index (χ0v) is 31.0. The maximum absolute atomic E-state index is 13.7. The number of carbonyl (C=O) groups excluding carboxylic acids is 2. The number of primary amides is 1. The van der Waals surface area contributed by atoms with Crippen LogP contribution in [-0.2, 0) is 29.6 Å². The number of carbonyl (C=O) groups is 2. The summed E-state index contributed by atoms with van der Waals surface area (Å²) in [7, 11) is -2.53. The van der Waals surface area contributed by atoms with Crippen molar-refractivity contribution >= 4 is 25.3 Å². The molecule has 0 aliphatic heterocycles. The molecule has 2 fully saturated rings. The number of phosphoric acid groups is 1. The third kappa shape index (κ3) is 8.28. The van der Waals surface area contributed by atoms with E-state index in [2.05, 4.69) is 18.3 Å². The van der Waals surface area contributed by atoms with Crippen molar-refractivity contribution in [1.29, 1.82) is 0 Å². The number of fused-ring (bicyclic) bond motifs is 5. The minimum atomic E-state index is -3.90. The number of anilines is 1. The van der Waals surface area contributed by atoms with E-state index in [1.165, 1.54) is 30.4 Å². The van der Waals surface area contributed by atoms with Crippen LogP contribution in [0.5, 0.6) is 17.2 Å². The summed E-state index contributed by atoms with van der Waals surface area (Å²) in [5.74, 6) is 0.488. The number of aryl methyl sites for hydroxylation is 1. The van der Waals surface area contributed by atoms with Gasteiger partial charge >= 0.3 is 7.82 Å². The molecule has 5 atom stereocenters. The number of rotatable bonds is 11. The lowest BCUT2D eigenvalue weighted by Crippen LogP contribution is -2.44. The highest BCUT2D eigenvalue weighted by Crippen LogP contribution is 2.62. The fraction of sp³-hybridized carbons (Fsp3) is 0.622. The smallest absolute Gasteiger partial charge is 0.505 e. The fourth-order valence-electron chi connectivity index (χ4n) is 8.29. The minimum absolute atomic E-state index is 0.0179. The zero-order valence-electron chi connectivity index (χ0n) is 30.1. The van der Waals surface area contributed by atoms with Crippen LogP contribution in [-0.4, -0.2) is 47.9 Å². The van der Waals surface area contributed by atoms with Crippen molar-refractivity contribution < 1.29 is 42.3 Å². The predicted molar refractivity (Wildman–Crippen MR) is 187 cm³/mol. The molecule has 3 aliphatic rings. The topological polar surface area (TPSA) is 156 Å². The lowest BCUT2D eigenvalue weighted by molar-refractivity contribution is -0.119. The number of hydrogen-bond donors (Lipinski definition) is 3. The molecule has 11 nitrogen and oxygen atoms in total. The van der Waals surface area contributed by atoms with Crippen molar-refractivity contribution in [2.24, 2.45) is 23.0 Å². The molecular formula is C37H53N2O9P. The number of methoxy groups -OCH3 is 1. The molecule has 3 unspecified atom stereocenters. The molecule has 2 amide bonds. The summed E-state index contributed by atoms with van der Waals surface area (Å²) in [6.45, 7) is 13.6. The Morgan fingerprint density at radius 2 is 1.71 bits per heavy atom. The van der Waals surface area contributed by atoms with Gasteiger partial charge in [-0.25, -0.2) is 4.57 Å². The number of nitrogens with one attached hydrogen (secondary N) is 1. The highest BCUT2D eigenvalue weighted by Gasteiger charge is 2.55. The Kier molecular flexibility index (Phi) is 10.5. The third-order valence-corrected chi connectivity index (χ3v) is 12.1. The number of benzene rings is 2. The molecule has 49 heavy (non-hydrogen) atoms. The Labute approximate surface area is 290 Å². The normalized spacial score (nSPS) is 25.1. The predicted octanol–water partition coefficient (Wildman–Crippen LogP) is 7.89. The van der Waals surface area contributed by atoms with Gasteiger partial charge in [0, 0.05) is 0 Å². The molecule has 0 spiro atoms. The Morgan fingerprint density at radius 3 is 2.35 bits per heavy atom. The van der Waals surface area contributed by atoms with Crippen LogP contribution >= 0.6 is 7.82 Å². The van der Waals surface area contributed by atoms with Gasteiger partial charge in [0.1, 0.15) is 17.1 Å². The van der Waals surface area contributed by atoms with Gasteiger partial charge in [0.15, 0.2) is 5.75 Å². The molecule has 0 aromatic heterocycles. The van der Waals surface area contributed by atoms with E-state index in [1.807, 2.05) is 53.7 Å². The molecule has 0 heterocycles. The quantitative estimate of drug-likeness (QED) is 0.157. The number of phosphoric ester groups is 1. The number of amides is 2. The minimum Gasteiger partial charge on any atom is -0.505 e. The van der Waals surface area contributed by atoms with Gasteiger partial charge in [-0.1, -0.05) is 13.0 Å². The number of ether oxygens (including phenoxy) is 2. The molecule has 2 aromatic carbocycles. The lowest BCUT2D eigenvalue weighted by atomic mass is 9.55. The molecule has 12 heteroatoms. The average Bonchev–Trinajstić information content (AvgIpc) is 3.31. The Balaban J connectivity index is 1.20. The van der Waals surface area contributed by atoms with Crippen LogP contribution in [0, 0.1) is 17.3 Å². The maximum Gasteiger partial charge on any atom is 0.531 e.